The second-order valence-corrected chi connectivity index (χ2v) is 6.28. The van der Waals surface area contributed by atoms with Crippen molar-refractivity contribution in [2.45, 2.75) is 6.42 Å². The van der Waals surface area contributed by atoms with Crippen LogP contribution < -0.4 is 10.2 Å². The Labute approximate surface area is 127 Å². The molecule has 0 aliphatic carbocycles. The molecule has 0 saturated carbocycles. The first-order valence-corrected chi connectivity index (χ1v) is 7.92. The second kappa shape index (κ2) is 6.73. The smallest absolute Gasteiger partial charge is 0.128 e. The second-order valence-electron chi connectivity index (χ2n) is 6.28. The fourth-order valence-corrected chi connectivity index (χ4v) is 3.49. The Hall–Kier alpha value is -1.17. The summed E-state index contributed by atoms with van der Waals surface area (Å²) in [5.74, 6) is 1.10. The van der Waals surface area contributed by atoms with Crippen molar-refractivity contribution in [1.82, 2.24) is 15.2 Å². The summed E-state index contributed by atoms with van der Waals surface area (Å²) in [6.45, 7) is 8.35. The number of nitrogens with zero attached hydrogens (tertiary/aromatic N) is 3. The number of ether oxygens (including phenoxy) is 1. The SMILES string of the molecule is CNCC1(CN2CCN(c3ccccn3)CC2)CCOC1. The summed E-state index contributed by atoms with van der Waals surface area (Å²) in [4.78, 5) is 9.42. The Balaban J connectivity index is 1.53. The van der Waals surface area contributed by atoms with Gasteiger partial charge in [-0.3, -0.25) is 4.90 Å². The number of hydrogen-bond donors (Lipinski definition) is 1. The molecule has 1 unspecified atom stereocenters. The average Bonchev–Trinajstić information content (AvgIpc) is 2.98. The van der Waals surface area contributed by atoms with Crippen molar-refractivity contribution in [3.05, 3.63) is 24.4 Å². The normalized spacial score (nSPS) is 27.2. The van der Waals surface area contributed by atoms with E-state index in [0.29, 0.717) is 5.41 Å². The molecule has 2 aliphatic rings. The highest BCUT2D eigenvalue weighted by atomic mass is 16.5. The summed E-state index contributed by atoms with van der Waals surface area (Å²) >= 11 is 0. The molecule has 3 heterocycles. The van der Waals surface area contributed by atoms with E-state index >= 15 is 0 Å². The first kappa shape index (κ1) is 14.8. The van der Waals surface area contributed by atoms with Gasteiger partial charge < -0.3 is 15.0 Å². The maximum Gasteiger partial charge on any atom is 0.128 e. The van der Waals surface area contributed by atoms with Crippen LogP contribution in [0.15, 0.2) is 24.4 Å². The van der Waals surface area contributed by atoms with Crippen LogP contribution in [0.1, 0.15) is 6.42 Å². The lowest BCUT2D eigenvalue weighted by Gasteiger charge is -2.40. The monoisotopic (exact) mass is 290 g/mol. The summed E-state index contributed by atoms with van der Waals surface area (Å²) in [5, 5.41) is 3.35. The van der Waals surface area contributed by atoms with Gasteiger partial charge in [0.05, 0.1) is 6.61 Å². The molecule has 1 aromatic rings. The number of rotatable bonds is 5. The minimum Gasteiger partial charge on any atom is -0.381 e. The van der Waals surface area contributed by atoms with Gasteiger partial charge in [-0.1, -0.05) is 6.07 Å². The van der Waals surface area contributed by atoms with E-state index in [1.807, 2.05) is 19.3 Å². The largest absolute Gasteiger partial charge is 0.381 e. The van der Waals surface area contributed by atoms with E-state index in [1.54, 1.807) is 0 Å². The Morgan fingerprint density at radius 3 is 2.76 bits per heavy atom. The molecule has 2 saturated heterocycles. The lowest BCUT2D eigenvalue weighted by molar-refractivity contribution is 0.106. The predicted molar refractivity (Wildman–Crippen MR) is 84.7 cm³/mol. The highest BCUT2D eigenvalue weighted by Gasteiger charge is 2.36. The van der Waals surface area contributed by atoms with Gasteiger partial charge >= 0.3 is 0 Å². The van der Waals surface area contributed by atoms with Crippen molar-refractivity contribution in [1.29, 1.82) is 0 Å². The fourth-order valence-electron chi connectivity index (χ4n) is 3.49. The van der Waals surface area contributed by atoms with Crippen molar-refractivity contribution in [2.75, 3.05) is 64.4 Å². The van der Waals surface area contributed by atoms with Gasteiger partial charge in [0.2, 0.25) is 0 Å². The molecule has 2 fully saturated rings. The first-order valence-electron chi connectivity index (χ1n) is 7.92. The van der Waals surface area contributed by atoms with Crippen LogP contribution >= 0.6 is 0 Å². The van der Waals surface area contributed by atoms with Crippen molar-refractivity contribution in [2.24, 2.45) is 5.41 Å². The predicted octanol–water partition coefficient (Wildman–Crippen LogP) is 0.830. The molecule has 21 heavy (non-hydrogen) atoms. The molecule has 0 radical (unpaired) electrons. The third-order valence-electron chi connectivity index (χ3n) is 4.64. The molecule has 1 N–H and O–H groups in total. The van der Waals surface area contributed by atoms with Gasteiger partial charge in [0.15, 0.2) is 0 Å². The molecule has 3 rings (SSSR count). The van der Waals surface area contributed by atoms with Gasteiger partial charge in [-0.25, -0.2) is 4.98 Å². The molecule has 0 aromatic carbocycles. The molecule has 1 atom stereocenters. The van der Waals surface area contributed by atoms with E-state index in [0.717, 1.165) is 58.3 Å². The van der Waals surface area contributed by atoms with Crippen LogP contribution in [0, 0.1) is 5.41 Å². The van der Waals surface area contributed by atoms with E-state index in [9.17, 15) is 0 Å². The summed E-state index contributed by atoms with van der Waals surface area (Å²) in [7, 11) is 2.04. The molecule has 0 amide bonds. The Bertz CT molecular complexity index is 425. The van der Waals surface area contributed by atoms with Gasteiger partial charge in [0.1, 0.15) is 5.82 Å². The van der Waals surface area contributed by atoms with Crippen LogP contribution in [0.5, 0.6) is 0 Å². The summed E-state index contributed by atoms with van der Waals surface area (Å²) in [6, 6.07) is 6.14. The summed E-state index contributed by atoms with van der Waals surface area (Å²) in [5.41, 5.74) is 0.307. The van der Waals surface area contributed by atoms with Crippen LogP contribution in [0.4, 0.5) is 5.82 Å². The molecular formula is C16H26N4O. The highest BCUT2D eigenvalue weighted by molar-refractivity contribution is 5.38. The molecule has 2 aliphatic heterocycles. The van der Waals surface area contributed by atoms with Crippen molar-refractivity contribution >= 4 is 5.82 Å². The molecular weight excluding hydrogens is 264 g/mol. The van der Waals surface area contributed by atoms with Crippen LogP contribution in [-0.4, -0.2) is 69.4 Å². The first-order chi connectivity index (χ1) is 10.3. The zero-order valence-electron chi connectivity index (χ0n) is 12.9. The quantitative estimate of drug-likeness (QED) is 0.870. The molecule has 116 valence electrons. The minimum atomic E-state index is 0.307. The zero-order valence-corrected chi connectivity index (χ0v) is 12.9. The van der Waals surface area contributed by atoms with E-state index in [4.69, 9.17) is 4.74 Å². The number of pyridine rings is 1. The van der Waals surface area contributed by atoms with E-state index in [-0.39, 0.29) is 0 Å². The molecule has 0 bridgehead atoms. The number of hydrogen-bond acceptors (Lipinski definition) is 5. The number of nitrogens with one attached hydrogen (secondary N) is 1. The third kappa shape index (κ3) is 3.54. The van der Waals surface area contributed by atoms with E-state index < -0.39 is 0 Å². The van der Waals surface area contributed by atoms with E-state index in [2.05, 4.69) is 32.2 Å². The van der Waals surface area contributed by atoms with Crippen molar-refractivity contribution in [3.63, 3.8) is 0 Å². The zero-order chi connectivity index (χ0) is 14.5. The van der Waals surface area contributed by atoms with Gasteiger partial charge in [0, 0.05) is 57.5 Å². The van der Waals surface area contributed by atoms with Crippen LogP contribution in [0.2, 0.25) is 0 Å². The average molecular weight is 290 g/mol. The lowest BCUT2D eigenvalue weighted by Crippen LogP contribution is -2.52. The maximum absolute atomic E-state index is 5.66. The van der Waals surface area contributed by atoms with Crippen molar-refractivity contribution in [3.8, 4) is 0 Å². The molecule has 0 spiro atoms. The topological polar surface area (TPSA) is 40.6 Å². The molecule has 1 aromatic heterocycles. The molecule has 5 heteroatoms. The van der Waals surface area contributed by atoms with Gasteiger partial charge in [-0.05, 0) is 25.6 Å². The van der Waals surface area contributed by atoms with Gasteiger partial charge in [-0.2, -0.15) is 0 Å². The van der Waals surface area contributed by atoms with Crippen molar-refractivity contribution < 1.29 is 4.74 Å². The lowest BCUT2D eigenvalue weighted by atomic mass is 9.86. The standard InChI is InChI=1S/C16H26N4O/c1-17-12-16(5-11-21-14-16)13-19-7-9-20(10-8-19)15-4-2-3-6-18-15/h2-4,6,17H,5,7-14H2,1H3. The van der Waals surface area contributed by atoms with Crippen LogP contribution in [0.3, 0.4) is 0 Å². The highest BCUT2D eigenvalue weighted by Crippen LogP contribution is 2.29. The van der Waals surface area contributed by atoms with Gasteiger partial charge in [0.25, 0.3) is 0 Å². The molecule has 5 nitrogen and oxygen atoms in total. The summed E-state index contributed by atoms with van der Waals surface area (Å²) < 4.78 is 5.66. The van der Waals surface area contributed by atoms with E-state index in [1.165, 1.54) is 6.42 Å². The van der Waals surface area contributed by atoms with Gasteiger partial charge in [-0.15, -0.1) is 0 Å². The number of anilines is 1. The van der Waals surface area contributed by atoms with Crippen LogP contribution in [-0.2, 0) is 4.74 Å². The Morgan fingerprint density at radius 1 is 1.29 bits per heavy atom. The fraction of sp³-hybridized carbons (Fsp3) is 0.688. The summed E-state index contributed by atoms with van der Waals surface area (Å²) in [6.07, 6.45) is 3.05. The minimum absolute atomic E-state index is 0.307. The maximum atomic E-state index is 5.66. The Morgan fingerprint density at radius 2 is 2.14 bits per heavy atom. The van der Waals surface area contributed by atoms with Crippen LogP contribution in [0.25, 0.3) is 0 Å². The third-order valence-corrected chi connectivity index (χ3v) is 4.64. The number of piperazine rings is 1. The Kier molecular flexibility index (Phi) is 4.73. The number of aromatic nitrogens is 1.